The van der Waals surface area contributed by atoms with Crippen molar-refractivity contribution < 1.29 is 42.9 Å². The van der Waals surface area contributed by atoms with Gasteiger partial charge in [-0.25, -0.2) is 19.2 Å². The minimum atomic E-state index is -0.976. The molecule has 0 aromatic heterocycles. The number of ketones is 1. The van der Waals surface area contributed by atoms with Crippen LogP contribution in [0.2, 0.25) is 0 Å². The predicted octanol–water partition coefficient (Wildman–Crippen LogP) is 22.3. The number of hydrogen-bond donors (Lipinski definition) is 0. The number of carbonyl (C=O) groups is 5. The van der Waals surface area contributed by atoms with Gasteiger partial charge in [-0.05, 0) is 31.7 Å². The first-order valence-electron chi connectivity index (χ1n) is 34.8. The van der Waals surface area contributed by atoms with E-state index in [0.29, 0.717) is 25.7 Å². The predicted molar refractivity (Wildman–Crippen MR) is 342 cm³/mol. The fourth-order valence-corrected chi connectivity index (χ4v) is 11.1. The molecule has 9 nitrogen and oxygen atoms in total. The molecule has 468 valence electrons. The van der Waals surface area contributed by atoms with Crippen molar-refractivity contribution in [3.8, 4) is 0 Å². The van der Waals surface area contributed by atoms with Crippen molar-refractivity contribution in [2.24, 2.45) is 0 Å². The fourth-order valence-electron chi connectivity index (χ4n) is 11.1. The molecule has 2 aromatic carbocycles. The van der Waals surface area contributed by atoms with Gasteiger partial charge in [0.15, 0.2) is 5.78 Å². The summed E-state index contributed by atoms with van der Waals surface area (Å²) in [5, 5.41) is 0. The molecule has 0 saturated heterocycles. The van der Waals surface area contributed by atoms with E-state index in [9.17, 15) is 24.0 Å². The van der Waals surface area contributed by atoms with Crippen LogP contribution in [-0.4, -0.2) is 56.1 Å². The average Bonchev–Trinajstić information content (AvgIpc) is 3.60. The second-order valence-corrected chi connectivity index (χ2v) is 23.9. The van der Waals surface area contributed by atoms with Crippen LogP contribution in [-0.2, 0) is 18.9 Å². The molecular formula is C73H122O9. The standard InChI is InChI=1S/C73H122O9/c1-5-9-13-17-21-25-29-33-37-41-45-52-58-79-70(75)65-62-64(69(74)63-56-50-49-51-57-63)66(71(76)80-59-53-46-42-38-34-30-26-22-18-14-10-6-2)68(73(78)82-61-55-48-44-40-36-32-28-24-20-16-12-8-4)67(65)72(77)81-60-54-47-43-39-35-31-27-23-19-15-11-7-3/h49-51,56-57,62H,5-48,52-55,58-61H2,1-4H3. The highest BCUT2D eigenvalue weighted by atomic mass is 16.5. The van der Waals surface area contributed by atoms with Crippen molar-refractivity contribution in [1.29, 1.82) is 0 Å². The van der Waals surface area contributed by atoms with Gasteiger partial charge in [0.2, 0.25) is 0 Å². The lowest BCUT2D eigenvalue weighted by atomic mass is 9.87. The second kappa shape index (κ2) is 53.7. The van der Waals surface area contributed by atoms with Crippen LogP contribution in [0, 0.1) is 0 Å². The number of esters is 4. The first-order valence-corrected chi connectivity index (χ1v) is 34.8. The highest BCUT2D eigenvalue weighted by molar-refractivity contribution is 6.22. The van der Waals surface area contributed by atoms with Crippen LogP contribution in [0.4, 0.5) is 0 Å². The minimum absolute atomic E-state index is 0.0343. The van der Waals surface area contributed by atoms with Crippen molar-refractivity contribution in [2.75, 3.05) is 26.4 Å². The molecule has 0 bridgehead atoms. The van der Waals surface area contributed by atoms with Gasteiger partial charge in [0.05, 0.1) is 48.7 Å². The zero-order valence-corrected chi connectivity index (χ0v) is 53.4. The lowest BCUT2D eigenvalue weighted by Gasteiger charge is -2.20. The second-order valence-electron chi connectivity index (χ2n) is 23.9. The topological polar surface area (TPSA) is 122 Å². The van der Waals surface area contributed by atoms with Crippen LogP contribution in [0.15, 0.2) is 36.4 Å². The van der Waals surface area contributed by atoms with Crippen LogP contribution in [0.5, 0.6) is 0 Å². The van der Waals surface area contributed by atoms with E-state index in [1.54, 1.807) is 30.3 Å². The van der Waals surface area contributed by atoms with E-state index in [2.05, 4.69) is 27.7 Å². The van der Waals surface area contributed by atoms with E-state index in [0.717, 1.165) is 77.0 Å². The van der Waals surface area contributed by atoms with E-state index in [1.807, 2.05) is 0 Å². The Bertz CT molecular complexity index is 1890. The van der Waals surface area contributed by atoms with Gasteiger partial charge in [-0.15, -0.1) is 0 Å². The fraction of sp³-hybridized carbons (Fsp3) is 0.767. The molecule has 0 unspecified atom stereocenters. The summed E-state index contributed by atoms with van der Waals surface area (Å²) in [6.45, 7) is 9.22. The molecule has 0 radical (unpaired) electrons. The zero-order valence-electron chi connectivity index (χ0n) is 53.4. The Morgan fingerprint density at radius 1 is 0.256 bits per heavy atom. The van der Waals surface area contributed by atoms with Gasteiger partial charge in [-0.2, -0.15) is 0 Å². The molecule has 0 fully saturated rings. The zero-order chi connectivity index (χ0) is 59.2. The van der Waals surface area contributed by atoms with Crippen molar-refractivity contribution in [1.82, 2.24) is 0 Å². The van der Waals surface area contributed by atoms with E-state index in [4.69, 9.17) is 18.9 Å². The molecule has 0 amide bonds. The molecule has 0 N–H and O–H groups in total. The van der Waals surface area contributed by atoms with E-state index in [1.165, 1.54) is 212 Å². The summed E-state index contributed by atoms with van der Waals surface area (Å²) in [5.41, 5.74) is -1.56. The molecule has 9 heteroatoms. The Kier molecular flexibility index (Phi) is 48.5. The molecule has 0 aliphatic carbocycles. The summed E-state index contributed by atoms with van der Waals surface area (Å²) in [7, 11) is 0. The maximum absolute atomic E-state index is 14.8. The van der Waals surface area contributed by atoms with Crippen molar-refractivity contribution >= 4 is 29.7 Å². The van der Waals surface area contributed by atoms with Crippen LogP contribution in [0.25, 0.3) is 0 Å². The molecule has 0 aliphatic rings. The quantitative estimate of drug-likeness (QED) is 0.0276. The molecule has 2 aromatic rings. The number of rotatable bonds is 58. The Morgan fingerprint density at radius 2 is 0.476 bits per heavy atom. The lowest BCUT2D eigenvalue weighted by molar-refractivity contribution is 0.0414. The lowest BCUT2D eigenvalue weighted by Crippen LogP contribution is -2.27. The van der Waals surface area contributed by atoms with Crippen molar-refractivity contribution in [2.45, 2.75) is 336 Å². The molecule has 0 saturated carbocycles. The Hall–Kier alpha value is -4.01. The summed E-state index contributed by atoms with van der Waals surface area (Å²) in [4.78, 5) is 73.5. The number of hydrogen-bond acceptors (Lipinski definition) is 9. The third-order valence-electron chi connectivity index (χ3n) is 16.4. The van der Waals surface area contributed by atoms with Gasteiger partial charge < -0.3 is 18.9 Å². The summed E-state index contributed by atoms with van der Waals surface area (Å²) < 4.78 is 23.8. The van der Waals surface area contributed by atoms with E-state index >= 15 is 0 Å². The molecule has 0 spiro atoms. The Morgan fingerprint density at radius 3 is 0.744 bits per heavy atom. The number of carbonyl (C=O) groups excluding carboxylic acids is 5. The van der Waals surface area contributed by atoms with Crippen molar-refractivity contribution in [3.05, 3.63) is 69.8 Å². The van der Waals surface area contributed by atoms with Gasteiger partial charge >= 0.3 is 23.9 Å². The normalized spacial score (nSPS) is 11.3. The van der Waals surface area contributed by atoms with Crippen LogP contribution in [0.1, 0.15) is 393 Å². The average molecular weight is 1140 g/mol. The van der Waals surface area contributed by atoms with Crippen LogP contribution < -0.4 is 0 Å². The third-order valence-corrected chi connectivity index (χ3v) is 16.4. The third kappa shape index (κ3) is 36.6. The molecular weight excluding hydrogens is 1020 g/mol. The molecule has 2 rings (SSSR count). The van der Waals surface area contributed by atoms with Gasteiger partial charge in [-0.1, -0.05) is 341 Å². The van der Waals surface area contributed by atoms with Gasteiger partial charge in [0.1, 0.15) is 0 Å². The molecule has 0 heterocycles. The first-order chi connectivity index (χ1) is 40.3. The Labute approximate surface area is 502 Å². The molecule has 82 heavy (non-hydrogen) atoms. The summed E-state index contributed by atoms with van der Waals surface area (Å²) >= 11 is 0. The maximum Gasteiger partial charge on any atom is 0.339 e. The first kappa shape index (κ1) is 74.1. The van der Waals surface area contributed by atoms with Crippen LogP contribution in [0.3, 0.4) is 0 Å². The maximum atomic E-state index is 14.8. The van der Waals surface area contributed by atoms with Gasteiger partial charge in [-0.3, -0.25) is 4.79 Å². The highest BCUT2D eigenvalue weighted by Crippen LogP contribution is 2.31. The summed E-state index contributed by atoms with van der Waals surface area (Å²) in [5.74, 6) is -4.30. The number of ether oxygens (including phenoxy) is 4. The highest BCUT2D eigenvalue weighted by Gasteiger charge is 2.37. The minimum Gasteiger partial charge on any atom is -0.462 e. The van der Waals surface area contributed by atoms with E-state index in [-0.39, 0.29) is 48.7 Å². The summed E-state index contributed by atoms with van der Waals surface area (Å²) in [6, 6.07) is 9.72. The van der Waals surface area contributed by atoms with Gasteiger partial charge in [0.25, 0.3) is 0 Å². The number of unbranched alkanes of at least 4 members (excludes halogenated alkanes) is 44. The largest absolute Gasteiger partial charge is 0.462 e. The van der Waals surface area contributed by atoms with E-state index < -0.39 is 40.8 Å². The van der Waals surface area contributed by atoms with Crippen molar-refractivity contribution in [3.63, 3.8) is 0 Å². The Balaban J connectivity index is 2.42. The van der Waals surface area contributed by atoms with Gasteiger partial charge in [0, 0.05) is 11.1 Å². The number of benzene rings is 2. The SMILES string of the molecule is CCCCCCCCCCCCCCOC(=O)c1cc(C(=O)c2ccccc2)c(C(=O)OCCCCCCCCCCCCCC)c(C(=O)OCCCCCCCCCCCCCC)c1C(=O)OCCCCCCCCCCCCCC. The molecule has 0 atom stereocenters. The smallest absolute Gasteiger partial charge is 0.339 e. The van der Waals surface area contributed by atoms with Crippen LogP contribution >= 0.6 is 0 Å². The summed E-state index contributed by atoms with van der Waals surface area (Å²) in [6.07, 6.45) is 54.9. The molecule has 0 aliphatic heterocycles. The monoisotopic (exact) mass is 1140 g/mol.